The zero-order chi connectivity index (χ0) is 14.6. The minimum Gasteiger partial charge on any atom is -0.310 e. The van der Waals surface area contributed by atoms with Crippen LogP contribution in [0.4, 0.5) is 0 Å². The summed E-state index contributed by atoms with van der Waals surface area (Å²) in [4.78, 5) is 2.59. The Morgan fingerprint density at radius 3 is 2.65 bits per heavy atom. The molecule has 1 unspecified atom stereocenters. The van der Waals surface area contributed by atoms with Crippen LogP contribution in [0.25, 0.3) is 0 Å². The van der Waals surface area contributed by atoms with Crippen LogP contribution in [0.15, 0.2) is 24.3 Å². The van der Waals surface area contributed by atoms with E-state index in [-0.39, 0.29) is 5.54 Å². The third-order valence-corrected chi connectivity index (χ3v) is 5.24. The van der Waals surface area contributed by atoms with Crippen LogP contribution in [0, 0.1) is 0 Å². The van der Waals surface area contributed by atoms with Gasteiger partial charge in [-0.2, -0.15) is 0 Å². The third kappa shape index (κ3) is 3.55. The normalized spacial score (nSPS) is 23.5. The van der Waals surface area contributed by atoms with Gasteiger partial charge in [-0.15, -0.1) is 0 Å². The molecule has 112 valence electrons. The summed E-state index contributed by atoms with van der Waals surface area (Å²) in [5.74, 6) is 0. The van der Waals surface area contributed by atoms with Crippen molar-refractivity contribution in [1.29, 1.82) is 0 Å². The zero-order valence-electron chi connectivity index (χ0n) is 13.0. The van der Waals surface area contributed by atoms with Crippen LogP contribution in [-0.4, -0.2) is 29.6 Å². The topological polar surface area (TPSA) is 15.3 Å². The van der Waals surface area contributed by atoms with Gasteiger partial charge in [-0.1, -0.05) is 43.6 Å². The summed E-state index contributed by atoms with van der Waals surface area (Å²) in [5, 5.41) is 4.67. The molecule has 2 nitrogen and oxygen atoms in total. The largest absolute Gasteiger partial charge is 0.310 e. The van der Waals surface area contributed by atoms with Gasteiger partial charge >= 0.3 is 0 Å². The molecular weight excluding hydrogens is 268 g/mol. The Morgan fingerprint density at radius 2 is 2.00 bits per heavy atom. The molecule has 1 aliphatic rings. The van der Waals surface area contributed by atoms with Gasteiger partial charge in [0.2, 0.25) is 0 Å². The lowest BCUT2D eigenvalue weighted by atomic mass is 9.92. The quantitative estimate of drug-likeness (QED) is 0.900. The van der Waals surface area contributed by atoms with Crippen LogP contribution in [-0.2, 0) is 6.54 Å². The molecule has 1 fully saturated rings. The summed E-state index contributed by atoms with van der Waals surface area (Å²) in [7, 11) is 0. The highest BCUT2D eigenvalue weighted by Gasteiger charge is 2.32. The van der Waals surface area contributed by atoms with Crippen molar-refractivity contribution >= 4 is 11.6 Å². The number of hydrogen-bond donors (Lipinski definition) is 1. The average Bonchev–Trinajstić information content (AvgIpc) is 2.62. The van der Waals surface area contributed by atoms with Gasteiger partial charge in [0.25, 0.3) is 0 Å². The first-order valence-corrected chi connectivity index (χ1v) is 8.20. The maximum absolute atomic E-state index is 6.33. The van der Waals surface area contributed by atoms with E-state index in [9.17, 15) is 0 Å². The molecule has 1 atom stereocenters. The zero-order valence-corrected chi connectivity index (χ0v) is 13.7. The molecule has 1 saturated heterocycles. The van der Waals surface area contributed by atoms with E-state index in [1.54, 1.807) is 0 Å². The number of halogens is 1. The summed E-state index contributed by atoms with van der Waals surface area (Å²) < 4.78 is 0. The fourth-order valence-corrected chi connectivity index (χ4v) is 3.31. The Hall–Kier alpha value is -0.570. The Bertz CT molecular complexity index is 429. The molecule has 20 heavy (non-hydrogen) atoms. The van der Waals surface area contributed by atoms with E-state index in [2.05, 4.69) is 43.1 Å². The van der Waals surface area contributed by atoms with Gasteiger partial charge in [0.1, 0.15) is 0 Å². The molecule has 1 aliphatic heterocycles. The van der Waals surface area contributed by atoms with Gasteiger partial charge in [0, 0.05) is 29.7 Å². The molecule has 1 aromatic rings. The summed E-state index contributed by atoms with van der Waals surface area (Å²) in [6, 6.07) is 8.81. The minimum atomic E-state index is 0.256. The molecule has 2 rings (SSSR count). The van der Waals surface area contributed by atoms with E-state index < -0.39 is 0 Å². The SMILES string of the molecule is CCC1(CC)CN(Cc2ccccc2Cl)C(C)CCN1. The van der Waals surface area contributed by atoms with Crippen molar-refractivity contribution in [2.75, 3.05) is 13.1 Å². The second-order valence-electron chi connectivity index (χ2n) is 6.05. The number of benzene rings is 1. The lowest BCUT2D eigenvalue weighted by Gasteiger charge is -2.37. The molecule has 0 bridgehead atoms. The van der Waals surface area contributed by atoms with Gasteiger partial charge in [0.15, 0.2) is 0 Å². The lowest BCUT2D eigenvalue weighted by Crippen LogP contribution is -2.51. The average molecular weight is 295 g/mol. The van der Waals surface area contributed by atoms with Crippen molar-refractivity contribution in [2.24, 2.45) is 0 Å². The fraction of sp³-hybridized carbons (Fsp3) is 0.647. The maximum atomic E-state index is 6.33. The fourth-order valence-electron chi connectivity index (χ4n) is 3.11. The van der Waals surface area contributed by atoms with Gasteiger partial charge in [0.05, 0.1) is 0 Å². The minimum absolute atomic E-state index is 0.256. The van der Waals surface area contributed by atoms with E-state index in [0.717, 1.165) is 24.7 Å². The Labute approximate surface area is 128 Å². The Morgan fingerprint density at radius 1 is 1.30 bits per heavy atom. The second kappa shape index (κ2) is 6.93. The van der Waals surface area contributed by atoms with E-state index in [1.807, 2.05) is 12.1 Å². The van der Waals surface area contributed by atoms with Crippen molar-refractivity contribution in [3.8, 4) is 0 Å². The Balaban J connectivity index is 2.17. The molecule has 0 aromatic heterocycles. The predicted octanol–water partition coefficient (Wildman–Crippen LogP) is 4.08. The van der Waals surface area contributed by atoms with Crippen molar-refractivity contribution in [1.82, 2.24) is 10.2 Å². The summed E-state index contributed by atoms with van der Waals surface area (Å²) in [6.07, 6.45) is 3.55. The molecule has 0 spiro atoms. The van der Waals surface area contributed by atoms with Crippen molar-refractivity contribution < 1.29 is 0 Å². The Kier molecular flexibility index (Phi) is 5.48. The van der Waals surface area contributed by atoms with Crippen LogP contribution in [0.3, 0.4) is 0 Å². The van der Waals surface area contributed by atoms with Crippen LogP contribution in [0.1, 0.15) is 45.6 Å². The van der Waals surface area contributed by atoms with Gasteiger partial charge in [-0.3, -0.25) is 4.90 Å². The first kappa shape index (κ1) is 15.8. The predicted molar refractivity (Wildman–Crippen MR) is 87.3 cm³/mol. The molecule has 3 heteroatoms. The first-order chi connectivity index (χ1) is 9.60. The highest BCUT2D eigenvalue weighted by Crippen LogP contribution is 2.25. The molecule has 0 saturated carbocycles. The number of nitrogens with zero attached hydrogens (tertiary/aromatic N) is 1. The molecular formula is C17H27ClN2. The number of nitrogens with one attached hydrogen (secondary N) is 1. The molecule has 0 aliphatic carbocycles. The second-order valence-corrected chi connectivity index (χ2v) is 6.46. The molecule has 1 aromatic carbocycles. The van der Waals surface area contributed by atoms with Gasteiger partial charge < -0.3 is 5.32 Å². The number of rotatable bonds is 4. The van der Waals surface area contributed by atoms with E-state index in [4.69, 9.17) is 11.6 Å². The van der Waals surface area contributed by atoms with Gasteiger partial charge in [-0.25, -0.2) is 0 Å². The summed E-state index contributed by atoms with van der Waals surface area (Å²) >= 11 is 6.33. The first-order valence-electron chi connectivity index (χ1n) is 7.82. The number of hydrogen-bond acceptors (Lipinski definition) is 2. The highest BCUT2D eigenvalue weighted by atomic mass is 35.5. The van der Waals surface area contributed by atoms with Crippen molar-refractivity contribution in [3.05, 3.63) is 34.9 Å². The van der Waals surface area contributed by atoms with E-state index >= 15 is 0 Å². The summed E-state index contributed by atoms with van der Waals surface area (Å²) in [5.41, 5.74) is 1.50. The molecule has 1 N–H and O–H groups in total. The van der Waals surface area contributed by atoms with Crippen LogP contribution in [0.5, 0.6) is 0 Å². The maximum Gasteiger partial charge on any atom is 0.0451 e. The molecule has 0 radical (unpaired) electrons. The van der Waals surface area contributed by atoms with E-state index in [0.29, 0.717) is 6.04 Å². The van der Waals surface area contributed by atoms with Gasteiger partial charge in [-0.05, 0) is 44.4 Å². The van der Waals surface area contributed by atoms with Crippen LogP contribution < -0.4 is 5.32 Å². The third-order valence-electron chi connectivity index (χ3n) is 4.88. The lowest BCUT2D eigenvalue weighted by molar-refractivity contribution is 0.152. The van der Waals surface area contributed by atoms with Crippen molar-refractivity contribution in [2.45, 2.75) is 58.2 Å². The monoisotopic (exact) mass is 294 g/mol. The van der Waals surface area contributed by atoms with E-state index in [1.165, 1.54) is 24.8 Å². The van der Waals surface area contributed by atoms with Crippen molar-refractivity contribution in [3.63, 3.8) is 0 Å². The van der Waals surface area contributed by atoms with Crippen LogP contribution >= 0.6 is 11.6 Å². The molecule has 1 heterocycles. The standard InChI is InChI=1S/C17H27ClN2/c1-4-17(5-2)13-20(14(3)10-11-19-17)12-15-8-6-7-9-16(15)18/h6-9,14,19H,4-5,10-13H2,1-3H3. The highest BCUT2D eigenvalue weighted by molar-refractivity contribution is 6.31. The summed E-state index contributed by atoms with van der Waals surface area (Å²) in [6.45, 7) is 10.1. The smallest absolute Gasteiger partial charge is 0.0451 e. The van der Waals surface area contributed by atoms with Crippen LogP contribution in [0.2, 0.25) is 5.02 Å². The molecule has 0 amide bonds.